The highest BCUT2D eigenvalue weighted by atomic mass is 16.2. The Morgan fingerprint density at radius 2 is 1.81 bits per heavy atom. The number of carbonyl (C=O) groups excluding carboxylic acids is 1. The van der Waals surface area contributed by atoms with Gasteiger partial charge in [-0.3, -0.25) is 4.79 Å². The zero-order valence-corrected chi connectivity index (χ0v) is 15.5. The molecule has 1 aromatic heterocycles. The number of nitrogens with one attached hydrogen (secondary N) is 1. The molecule has 0 radical (unpaired) electrons. The maximum Gasteiger partial charge on any atom is 0.278 e. The van der Waals surface area contributed by atoms with Gasteiger partial charge in [-0.1, -0.05) is 50.2 Å². The molecule has 1 aliphatic heterocycles. The second-order valence-corrected chi connectivity index (χ2v) is 6.99. The SMILES string of the molecule is CC(C)c1ccccc1Nc1cnc(C(=O)N2CCc3ccccc32)cn1. The van der Waals surface area contributed by atoms with Crippen LogP contribution >= 0.6 is 0 Å². The van der Waals surface area contributed by atoms with Crippen LogP contribution in [0.3, 0.4) is 0 Å². The van der Waals surface area contributed by atoms with Crippen molar-refractivity contribution in [1.29, 1.82) is 0 Å². The van der Waals surface area contributed by atoms with Gasteiger partial charge in [0.2, 0.25) is 0 Å². The van der Waals surface area contributed by atoms with Crippen molar-refractivity contribution in [2.75, 3.05) is 16.8 Å². The van der Waals surface area contributed by atoms with E-state index in [1.165, 1.54) is 11.1 Å². The maximum absolute atomic E-state index is 12.8. The van der Waals surface area contributed by atoms with E-state index in [-0.39, 0.29) is 5.91 Å². The molecular weight excluding hydrogens is 336 g/mol. The monoisotopic (exact) mass is 358 g/mol. The van der Waals surface area contributed by atoms with E-state index in [2.05, 4.69) is 41.3 Å². The fourth-order valence-corrected chi connectivity index (χ4v) is 3.44. The molecule has 4 rings (SSSR count). The van der Waals surface area contributed by atoms with Gasteiger partial charge in [-0.25, -0.2) is 9.97 Å². The quantitative estimate of drug-likeness (QED) is 0.743. The first-order valence-corrected chi connectivity index (χ1v) is 9.21. The van der Waals surface area contributed by atoms with Crippen LogP contribution in [0.2, 0.25) is 0 Å². The van der Waals surface area contributed by atoms with E-state index in [0.29, 0.717) is 24.0 Å². The summed E-state index contributed by atoms with van der Waals surface area (Å²) in [5, 5.41) is 3.31. The van der Waals surface area contributed by atoms with Gasteiger partial charge in [0.05, 0.1) is 12.4 Å². The van der Waals surface area contributed by atoms with Crippen LogP contribution in [0.4, 0.5) is 17.2 Å². The lowest BCUT2D eigenvalue weighted by atomic mass is 10.0. The van der Waals surface area contributed by atoms with Crippen LogP contribution in [0.1, 0.15) is 41.4 Å². The summed E-state index contributed by atoms with van der Waals surface area (Å²) in [6.45, 7) is 4.99. The normalized spacial score (nSPS) is 12.9. The summed E-state index contributed by atoms with van der Waals surface area (Å²) < 4.78 is 0. The molecular formula is C22H22N4O. The Morgan fingerprint density at radius 3 is 2.59 bits per heavy atom. The van der Waals surface area contributed by atoms with Crippen molar-refractivity contribution in [3.8, 4) is 0 Å². The van der Waals surface area contributed by atoms with Crippen molar-refractivity contribution in [3.05, 3.63) is 77.7 Å². The molecule has 1 aliphatic rings. The Morgan fingerprint density at radius 1 is 1.04 bits per heavy atom. The van der Waals surface area contributed by atoms with E-state index in [4.69, 9.17) is 0 Å². The van der Waals surface area contributed by atoms with Gasteiger partial charge in [0, 0.05) is 17.9 Å². The third-order valence-electron chi connectivity index (χ3n) is 4.85. The number of carbonyl (C=O) groups is 1. The molecule has 2 heterocycles. The molecule has 0 unspecified atom stereocenters. The predicted molar refractivity (Wildman–Crippen MR) is 108 cm³/mol. The number of amides is 1. The fourth-order valence-electron chi connectivity index (χ4n) is 3.44. The highest BCUT2D eigenvalue weighted by molar-refractivity contribution is 6.05. The van der Waals surface area contributed by atoms with Crippen LogP contribution in [0.5, 0.6) is 0 Å². The van der Waals surface area contributed by atoms with E-state index in [9.17, 15) is 4.79 Å². The Balaban J connectivity index is 1.53. The summed E-state index contributed by atoms with van der Waals surface area (Å²) in [6, 6.07) is 16.1. The summed E-state index contributed by atoms with van der Waals surface area (Å²) in [5.74, 6) is 0.917. The number of fused-ring (bicyclic) bond motifs is 1. The van der Waals surface area contributed by atoms with Crippen LogP contribution in [0.15, 0.2) is 60.9 Å². The van der Waals surface area contributed by atoms with Gasteiger partial charge < -0.3 is 10.2 Å². The van der Waals surface area contributed by atoms with Crippen molar-refractivity contribution < 1.29 is 4.79 Å². The molecule has 27 heavy (non-hydrogen) atoms. The first kappa shape index (κ1) is 17.2. The third-order valence-corrected chi connectivity index (χ3v) is 4.85. The first-order chi connectivity index (χ1) is 13.1. The average molecular weight is 358 g/mol. The van der Waals surface area contributed by atoms with Crippen LogP contribution in [-0.2, 0) is 6.42 Å². The van der Waals surface area contributed by atoms with Gasteiger partial charge >= 0.3 is 0 Å². The van der Waals surface area contributed by atoms with Crippen molar-refractivity contribution >= 4 is 23.1 Å². The molecule has 2 aromatic carbocycles. The lowest BCUT2D eigenvalue weighted by molar-refractivity contribution is 0.0984. The maximum atomic E-state index is 12.8. The standard InChI is InChI=1S/C22H22N4O/c1-15(2)17-8-4-5-9-18(17)25-21-14-23-19(13-24-21)22(27)26-12-11-16-7-3-6-10-20(16)26/h3-10,13-15H,11-12H2,1-2H3,(H,24,25). The number of aromatic nitrogens is 2. The number of anilines is 3. The molecule has 1 N–H and O–H groups in total. The molecule has 0 saturated carbocycles. The third kappa shape index (κ3) is 3.40. The molecule has 5 heteroatoms. The summed E-state index contributed by atoms with van der Waals surface area (Å²) in [5.41, 5.74) is 4.75. The Kier molecular flexibility index (Phi) is 4.59. The number of benzene rings is 2. The van der Waals surface area contributed by atoms with Gasteiger partial charge in [0.1, 0.15) is 11.5 Å². The number of para-hydroxylation sites is 2. The molecule has 0 atom stereocenters. The average Bonchev–Trinajstić information content (AvgIpc) is 3.12. The zero-order valence-electron chi connectivity index (χ0n) is 15.5. The minimum Gasteiger partial charge on any atom is -0.339 e. The van der Waals surface area contributed by atoms with Gasteiger partial charge in [-0.2, -0.15) is 0 Å². The second kappa shape index (κ2) is 7.19. The zero-order chi connectivity index (χ0) is 18.8. The topological polar surface area (TPSA) is 58.1 Å². The minimum absolute atomic E-state index is 0.110. The van der Waals surface area contributed by atoms with Crippen molar-refractivity contribution in [2.24, 2.45) is 0 Å². The summed E-state index contributed by atoms with van der Waals surface area (Å²) in [7, 11) is 0. The van der Waals surface area contributed by atoms with E-state index in [1.54, 1.807) is 17.3 Å². The van der Waals surface area contributed by atoms with E-state index < -0.39 is 0 Å². The van der Waals surface area contributed by atoms with Gasteiger partial charge in [0.25, 0.3) is 5.91 Å². The number of hydrogen-bond donors (Lipinski definition) is 1. The van der Waals surface area contributed by atoms with E-state index in [1.807, 2.05) is 36.4 Å². The van der Waals surface area contributed by atoms with Gasteiger partial charge in [-0.05, 0) is 35.6 Å². The molecule has 0 aliphatic carbocycles. The molecule has 1 amide bonds. The molecule has 0 saturated heterocycles. The molecule has 0 spiro atoms. The first-order valence-electron chi connectivity index (χ1n) is 9.21. The summed E-state index contributed by atoms with van der Waals surface area (Å²) in [4.78, 5) is 23.4. The molecule has 136 valence electrons. The van der Waals surface area contributed by atoms with Crippen LogP contribution in [0, 0.1) is 0 Å². The fraction of sp³-hybridized carbons (Fsp3) is 0.227. The predicted octanol–water partition coefficient (Wildman–Crippen LogP) is 4.55. The van der Waals surface area contributed by atoms with E-state index in [0.717, 1.165) is 17.8 Å². The van der Waals surface area contributed by atoms with E-state index >= 15 is 0 Å². The highest BCUT2D eigenvalue weighted by Gasteiger charge is 2.26. The largest absolute Gasteiger partial charge is 0.339 e. The summed E-state index contributed by atoms with van der Waals surface area (Å²) >= 11 is 0. The molecule has 3 aromatic rings. The lowest BCUT2D eigenvalue weighted by Crippen LogP contribution is -2.29. The van der Waals surface area contributed by atoms with Crippen molar-refractivity contribution in [3.63, 3.8) is 0 Å². The van der Waals surface area contributed by atoms with Crippen molar-refractivity contribution in [1.82, 2.24) is 9.97 Å². The van der Waals surface area contributed by atoms with Gasteiger partial charge in [-0.15, -0.1) is 0 Å². The van der Waals surface area contributed by atoms with Crippen LogP contribution in [0.25, 0.3) is 0 Å². The van der Waals surface area contributed by atoms with Crippen LogP contribution < -0.4 is 10.2 Å². The minimum atomic E-state index is -0.110. The Labute approximate surface area is 159 Å². The molecule has 0 fully saturated rings. The Bertz CT molecular complexity index is 966. The molecule has 0 bridgehead atoms. The lowest BCUT2D eigenvalue weighted by Gasteiger charge is -2.17. The number of hydrogen-bond acceptors (Lipinski definition) is 4. The highest BCUT2D eigenvalue weighted by Crippen LogP contribution is 2.29. The Hall–Kier alpha value is -3.21. The van der Waals surface area contributed by atoms with Gasteiger partial charge in [0.15, 0.2) is 0 Å². The van der Waals surface area contributed by atoms with Crippen LogP contribution in [-0.4, -0.2) is 22.4 Å². The summed E-state index contributed by atoms with van der Waals surface area (Å²) in [6.07, 6.45) is 4.04. The second-order valence-electron chi connectivity index (χ2n) is 6.99. The molecule has 5 nitrogen and oxygen atoms in total. The smallest absolute Gasteiger partial charge is 0.278 e. The number of nitrogens with zero attached hydrogens (tertiary/aromatic N) is 3. The number of rotatable bonds is 4. The van der Waals surface area contributed by atoms with Crippen molar-refractivity contribution in [2.45, 2.75) is 26.2 Å².